The lowest BCUT2D eigenvalue weighted by molar-refractivity contribution is 0.524. The van der Waals surface area contributed by atoms with Crippen LogP contribution in [0.1, 0.15) is 54.9 Å². The molecule has 3 aromatic rings. The predicted octanol–water partition coefficient (Wildman–Crippen LogP) is 8.82. The molecule has 1 heterocycles. The van der Waals surface area contributed by atoms with Crippen LogP contribution >= 0.6 is 0 Å². The van der Waals surface area contributed by atoms with Crippen LogP contribution in [0.2, 0.25) is 0 Å². The van der Waals surface area contributed by atoms with Gasteiger partial charge in [0.1, 0.15) is 0 Å². The monoisotopic (exact) mass is 442 g/mol. The van der Waals surface area contributed by atoms with Gasteiger partial charge in [-0.1, -0.05) is 97.6 Å². The lowest BCUT2D eigenvalue weighted by Gasteiger charge is -2.33. The Morgan fingerprint density at radius 1 is 0.912 bits per heavy atom. The van der Waals surface area contributed by atoms with E-state index in [9.17, 15) is 0 Å². The van der Waals surface area contributed by atoms with Crippen LogP contribution < -0.4 is 0 Å². The summed E-state index contributed by atoms with van der Waals surface area (Å²) in [6.07, 6.45) is 10.6. The molecule has 34 heavy (non-hydrogen) atoms. The van der Waals surface area contributed by atoms with Crippen molar-refractivity contribution >= 4 is 40.5 Å². The maximum absolute atomic E-state index is 4.99. The highest BCUT2D eigenvalue weighted by Gasteiger charge is 2.32. The zero-order chi connectivity index (χ0) is 23.5. The molecule has 2 nitrogen and oxygen atoms in total. The van der Waals surface area contributed by atoms with Crippen molar-refractivity contribution in [1.29, 1.82) is 0 Å². The van der Waals surface area contributed by atoms with E-state index in [4.69, 9.17) is 9.98 Å². The Bertz CT molecular complexity index is 1320. The Balaban J connectivity index is 1.63. The number of aliphatic imine (C=N–C) groups is 2. The highest BCUT2D eigenvalue weighted by Crippen LogP contribution is 2.49. The highest BCUT2D eigenvalue weighted by molar-refractivity contribution is 5.93. The molecular formula is C32H30N2. The van der Waals surface area contributed by atoms with Crippen LogP contribution in [0.15, 0.2) is 102 Å². The summed E-state index contributed by atoms with van der Waals surface area (Å²) in [6, 6.07) is 25.9. The minimum atomic E-state index is 0.350. The maximum Gasteiger partial charge on any atom is 0.0957 e. The Morgan fingerprint density at radius 3 is 2.29 bits per heavy atom. The lowest BCUT2D eigenvalue weighted by Crippen LogP contribution is -2.20. The van der Waals surface area contributed by atoms with Gasteiger partial charge in [0, 0.05) is 17.5 Å². The van der Waals surface area contributed by atoms with E-state index >= 15 is 0 Å². The van der Waals surface area contributed by atoms with Gasteiger partial charge in [0.2, 0.25) is 0 Å². The first kappa shape index (κ1) is 22.0. The van der Waals surface area contributed by atoms with Crippen molar-refractivity contribution in [3.63, 3.8) is 0 Å². The van der Waals surface area contributed by atoms with Gasteiger partial charge in [-0.05, 0) is 66.4 Å². The second kappa shape index (κ2) is 9.61. The molecule has 0 radical (unpaired) electrons. The third-order valence-corrected chi connectivity index (χ3v) is 6.86. The molecule has 2 aliphatic rings. The molecule has 0 N–H and O–H groups in total. The van der Waals surface area contributed by atoms with E-state index < -0.39 is 0 Å². The van der Waals surface area contributed by atoms with E-state index in [1.165, 1.54) is 27.8 Å². The Hall–Kier alpha value is -3.78. The zero-order valence-corrected chi connectivity index (χ0v) is 19.9. The van der Waals surface area contributed by atoms with Gasteiger partial charge in [-0.2, -0.15) is 0 Å². The summed E-state index contributed by atoms with van der Waals surface area (Å²) in [7, 11) is 0. The molecule has 0 saturated carbocycles. The van der Waals surface area contributed by atoms with Crippen LogP contribution in [0, 0.1) is 5.92 Å². The van der Waals surface area contributed by atoms with Gasteiger partial charge in [-0.15, -0.1) is 0 Å². The molecule has 0 aromatic heterocycles. The fourth-order valence-electron chi connectivity index (χ4n) is 5.26. The molecule has 2 heteroatoms. The van der Waals surface area contributed by atoms with Crippen molar-refractivity contribution in [2.75, 3.05) is 0 Å². The molecule has 168 valence electrons. The van der Waals surface area contributed by atoms with Crippen LogP contribution in [0.3, 0.4) is 0 Å². The maximum atomic E-state index is 4.99. The van der Waals surface area contributed by atoms with E-state index in [0.29, 0.717) is 11.8 Å². The Kier molecular flexibility index (Phi) is 6.22. The highest BCUT2D eigenvalue weighted by atomic mass is 14.8. The van der Waals surface area contributed by atoms with Crippen LogP contribution in [-0.2, 0) is 0 Å². The van der Waals surface area contributed by atoms with Crippen LogP contribution in [0.5, 0.6) is 0 Å². The first-order chi connectivity index (χ1) is 16.7. The van der Waals surface area contributed by atoms with Gasteiger partial charge in [0.15, 0.2) is 0 Å². The number of benzene rings is 3. The van der Waals surface area contributed by atoms with Crippen molar-refractivity contribution in [1.82, 2.24) is 0 Å². The van der Waals surface area contributed by atoms with E-state index in [2.05, 4.69) is 98.5 Å². The van der Waals surface area contributed by atoms with Gasteiger partial charge >= 0.3 is 0 Å². The van der Waals surface area contributed by atoms with E-state index in [1.807, 2.05) is 19.2 Å². The molecule has 0 spiro atoms. The van der Waals surface area contributed by atoms with Crippen molar-refractivity contribution in [3.05, 3.63) is 114 Å². The smallest absolute Gasteiger partial charge is 0.0957 e. The van der Waals surface area contributed by atoms with E-state index in [-0.39, 0.29) is 0 Å². The number of hydrogen-bond acceptors (Lipinski definition) is 2. The summed E-state index contributed by atoms with van der Waals surface area (Å²) in [6.45, 7) is 8.10. The molecule has 1 unspecified atom stereocenters. The number of fused-ring (bicyclic) bond motifs is 1. The molecule has 1 aliphatic carbocycles. The molecule has 0 saturated heterocycles. The summed E-state index contributed by atoms with van der Waals surface area (Å²) in [4.78, 5) is 9.69. The van der Waals surface area contributed by atoms with Crippen molar-refractivity contribution in [3.8, 4) is 0 Å². The Labute approximate surface area is 202 Å². The summed E-state index contributed by atoms with van der Waals surface area (Å²) >= 11 is 0. The van der Waals surface area contributed by atoms with Gasteiger partial charge in [-0.25, -0.2) is 0 Å². The second-order valence-corrected chi connectivity index (χ2v) is 9.08. The average molecular weight is 443 g/mol. The SMILES string of the molecule is C=Cc1ccc2c(c1/N=C/C)N=C(C)CC2[C@@H]1C=C(c2ccccc2)C=C(c2ccccc2)C1. The molecule has 3 aromatic carbocycles. The van der Waals surface area contributed by atoms with Gasteiger partial charge in [-0.3, -0.25) is 9.98 Å². The predicted molar refractivity (Wildman–Crippen MR) is 147 cm³/mol. The molecule has 1 aliphatic heterocycles. The fourth-order valence-corrected chi connectivity index (χ4v) is 5.26. The molecule has 5 rings (SSSR count). The van der Waals surface area contributed by atoms with Crippen LogP contribution in [-0.4, -0.2) is 11.9 Å². The third-order valence-electron chi connectivity index (χ3n) is 6.86. The molecule has 0 amide bonds. The summed E-state index contributed by atoms with van der Waals surface area (Å²) in [5.41, 5.74) is 10.7. The summed E-state index contributed by atoms with van der Waals surface area (Å²) in [5, 5.41) is 0. The van der Waals surface area contributed by atoms with Gasteiger partial charge in [0.05, 0.1) is 11.4 Å². The fraction of sp³-hybridized carbons (Fsp3) is 0.188. The zero-order valence-electron chi connectivity index (χ0n) is 19.9. The largest absolute Gasteiger partial charge is 0.259 e. The van der Waals surface area contributed by atoms with Gasteiger partial charge in [0.25, 0.3) is 0 Å². The normalized spacial score (nSPS) is 19.8. The summed E-state index contributed by atoms with van der Waals surface area (Å²) in [5.74, 6) is 0.718. The topological polar surface area (TPSA) is 24.7 Å². The standard InChI is InChI=1S/C32H30N2/c1-4-23-16-17-29-30(18-22(3)34-32(29)31(23)33-5-2)28-20-26(24-12-8-6-9-13-24)19-27(21-28)25-14-10-7-11-15-25/h4-17,19-20,28,30H,1,18,21H2,2-3H3/b33-5+/t28-,30?/m1/s1. The molecule has 2 atom stereocenters. The molecule has 0 fully saturated rings. The Morgan fingerprint density at radius 2 is 1.62 bits per heavy atom. The first-order valence-corrected chi connectivity index (χ1v) is 12.0. The lowest BCUT2D eigenvalue weighted by atomic mass is 9.72. The number of nitrogens with zero attached hydrogens (tertiary/aromatic N) is 2. The number of hydrogen-bond donors (Lipinski definition) is 0. The number of rotatable bonds is 5. The number of allylic oxidation sites excluding steroid dienone is 4. The van der Waals surface area contributed by atoms with Crippen molar-refractivity contribution < 1.29 is 0 Å². The minimum Gasteiger partial charge on any atom is -0.259 e. The average Bonchev–Trinajstić information content (AvgIpc) is 2.89. The van der Waals surface area contributed by atoms with Crippen molar-refractivity contribution in [2.24, 2.45) is 15.9 Å². The molecule has 0 bridgehead atoms. The van der Waals surface area contributed by atoms with Gasteiger partial charge < -0.3 is 0 Å². The van der Waals surface area contributed by atoms with Crippen LogP contribution in [0.25, 0.3) is 17.2 Å². The van der Waals surface area contributed by atoms with Crippen LogP contribution in [0.4, 0.5) is 11.4 Å². The third kappa shape index (κ3) is 4.24. The minimum absolute atomic E-state index is 0.350. The van der Waals surface area contributed by atoms with E-state index in [1.54, 1.807) is 0 Å². The quantitative estimate of drug-likeness (QED) is 0.353. The first-order valence-electron chi connectivity index (χ1n) is 12.0. The summed E-state index contributed by atoms with van der Waals surface area (Å²) < 4.78 is 0. The second-order valence-electron chi connectivity index (χ2n) is 9.08. The van der Waals surface area contributed by atoms with Crippen molar-refractivity contribution in [2.45, 2.75) is 32.6 Å². The van der Waals surface area contributed by atoms with E-state index in [0.717, 1.165) is 35.5 Å². The molecular weight excluding hydrogens is 412 g/mol.